The second-order valence-corrected chi connectivity index (χ2v) is 2.93. The Morgan fingerprint density at radius 1 is 2.00 bits per heavy atom. The number of thiol groups is 1. The molecule has 1 atom stereocenters. The summed E-state index contributed by atoms with van der Waals surface area (Å²) in [6, 6.07) is 0. The molecule has 0 aromatic carbocycles. The van der Waals surface area contributed by atoms with Crippen LogP contribution in [-0.4, -0.2) is 22.5 Å². The fraction of sp³-hybridized carbons (Fsp3) is 0.500. The van der Waals surface area contributed by atoms with E-state index in [0.29, 0.717) is 6.54 Å². The fourth-order valence-electron chi connectivity index (χ4n) is 0.435. The summed E-state index contributed by atoms with van der Waals surface area (Å²) in [6.07, 6.45) is 0. The highest BCUT2D eigenvalue weighted by atomic mass is 32.2. The van der Waals surface area contributed by atoms with E-state index in [2.05, 4.69) is 17.6 Å². The Morgan fingerprint density at radius 3 is 3.00 bits per heavy atom. The molecule has 0 aromatic rings. The molecular formula is C4H5NOS2. The summed E-state index contributed by atoms with van der Waals surface area (Å²) >= 11 is 5.09. The first-order chi connectivity index (χ1) is 3.80. The van der Waals surface area contributed by atoms with Gasteiger partial charge in [-0.3, -0.25) is 9.79 Å². The van der Waals surface area contributed by atoms with Crippen LogP contribution in [0.25, 0.3) is 0 Å². The molecule has 0 radical (unpaired) electrons. The molecule has 0 saturated heterocycles. The third kappa shape index (κ3) is 1.26. The average Bonchev–Trinajstić information content (AvgIpc) is 2.12. The van der Waals surface area contributed by atoms with Crippen LogP contribution in [0.3, 0.4) is 0 Å². The summed E-state index contributed by atoms with van der Waals surface area (Å²) in [6.45, 7) is 0.604. The lowest BCUT2D eigenvalue weighted by molar-refractivity contribution is -0.110. The van der Waals surface area contributed by atoms with Gasteiger partial charge in [0.05, 0.1) is 17.3 Å². The van der Waals surface area contributed by atoms with Crippen LogP contribution in [0.4, 0.5) is 0 Å². The van der Waals surface area contributed by atoms with Gasteiger partial charge in [0.25, 0.3) is 0 Å². The zero-order valence-corrected chi connectivity index (χ0v) is 5.78. The highest BCUT2D eigenvalue weighted by Gasteiger charge is 2.16. The summed E-state index contributed by atoms with van der Waals surface area (Å²) in [5.41, 5.74) is 1.69. The maximum Gasteiger partial charge on any atom is 0.201 e. The molecule has 0 saturated carbocycles. The van der Waals surface area contributed by atoms with Gasteiger partial charge in [-0.25, -0.2) is 0 Å². The van der Waals surface area contributed by atoms with Crippen molar-refractivity contribution in [2.45, 2.75) is 5.25 Å². The van der Waals surface area contributed by atoms with E-state index in [-0.39, 0.29) is 10.4 Å². The smallest absolute Gasteiger partial charge is 0.201 e. The van der Waals surface area contributed by atoms with Crippen molar-refractivity contribution in [3.8, 4) is 0 Å². The second-order valence-electron chi connectivity index (χ2n) is 1.43. The average molecular weight is 147 g/mol. The van der Waals surface area contributed by atoms with E-state index in [1.165, 1.54) is 11.8 Å². The summed E-state index contributed by atoms with van der Waals surface area (Å²) < 4.78 is 0. The van der Waals surface area contributed by atoms with Crippen LogP contribution < -0.4 is 0 Å². The maximum absolute atomic E-state index is 10.4. The molecule has 0 aromatic heterocycles. The number of hydrogen-bond acceptors (Lipinski definition) is 3. The number of aliphatic imine (C=N–C) groups is 1. The number of nitrogens with zero attached hydrogens (tertiary/aromatic N) is 1. The zero-order valence-electron chi connectivity index (χ0n) is 4.07. The Kier molecular flexibility index (Phi) is 1.96. The topological polar surface area (TPSA) is 29.4 Å². The molecule has 0 fully saturated rings. The van der Waals surface area contributed by atoms with E-state index >= 15 is 0 Å². The minimum Gasteiger partial charge on any atom is -0.286 e. The number of carbonyl (C=O) groups is 1. The van der Waals surface area contributed by atoms with E-state index in [9.17, 15) is 4.79 Å². The third-order valence-corrected chi connectivity index (χ3v) is 2.30. The molecule has 44 valence electrons. The second kappa shape index (κ2) is 2.55. The fourth-order valence-corrected chi connectivity index (χ4v) is 1.31. The predicted molar refractivity (Wildman–Crippen MR) is 38.7 cm³/mol. The van der Waals surface area contributed by atoms with E-state index in [1.54, 1.807) is 5.55 Å². The lowest BCUT2D eigenvalue weighted by Gasteiger charge is -1.96. The minimum atomic E-state index is -0.0764. The van der Waals surface area contributed by atoms with Crippen molar-refractivity contribution in [2.24, 2.45) is 4.99 Å². The number of carbonyl (C=O) groups excluding carboxylic acids is 1. The van der Waals surface area contributed by atoms with E-state index in [1.807, 2.05) is 0 Å². The van der Waals surface area contributed by atoms with Crippen LogP contribution in [-0.2, 0) is 4.79 Å². The number of hydrogen-bond donors (Lipinski definition) is 1. The van der Waals surface area contributed by atoms with Gasteiger partial charge in [0.15, 0.2) is 0 Å². The van der Waals surface area contributed by atoms with Crippen molar-refractivity contribution in [2.75, 3.05) is 6.54 Å². The SMILES string of the molecule is O=C(S)C1CN=CS1. The van der Waals surface area contributed by atoms with Gasteiger partial charge in [-0.05, 0) is 0 Å². The molecule has 0 bridgehead atoms. The molecule has 2 nitrogen and oxygen atoms in total. The van der Waals surface area contributed by atoms with Gasteiger partial charge in [-0.1, -0.05) is 0 Å². The molecule has 1 heterocycles. The molecule has 1 aliphatic rings. The third-order valence-electron chi connectivity index (χ3n) is 0.846. The van der Waals surface area contributed by atoms with Gasteiger partial charge in [0, 0.05) is 0 Å². The molecule has 0 amide bonds. The van der Waals surface area contributed by atoms with E-state index < -0.39 is 0 Å². The predicted octanol–water partition coefficient (Wildman–Crippen LogP) is 0.587. The molecule has 0 aliphatic carbocycles. The Balaban J connectivity index is 2.41. The molecule has 0 spiro atoms. The van der Waals surface area contributed by atoms with E-state index in [0.717, 1.165) is 0 Å². The number of rotatable bonds is 1. The Hall–Kier alpha value is 0.0400. The van der Waals surface area contributed by atoms with Gasteiger partial charge in [-0.2, -0.15) is 0 Å². The first kappa shape index (κ1) is 6.16. The summed E-state index contributed by atoms with van der Waals surface area (Å²) in [5.74, 6) is 0. The zero-order chi connectivity index (χ0) is 5.98. The highest BCUT2D eigenvalue weighted by Crippen LogP contribution is 2.16. The van der Waals surface area contributed by atoms with E-state index in [4.69, 9.17) is 0 Å². The van der Waals surface area contributed by atoms with Gasteiger partial charge in [0.2, 0.25) is 5.12 Å². The van der Waals surface area contributed by atoms with Crippen molar-refractivity contribution in [3.05, 3.63) is 0 Å². The van der Waals surface area contributed by atoms with Crippen molar-refractivity contribution in [3.63, 3.8) is 0 Å². The van der Waals surface area contributed by atoms with Gasteiger partial charge in [-0.15, -0.1) is 24.4 Å². The standard InChI is InChI=1S/C4H5NOS2/c6-4(7)3-1-5-2-8-3/h2-3H,1H2,(H,6,7). The van der Waals surface area contributed by atoms with Crippen LogP contribution in [0.1, 0.15) is 0 Å². The first-order valence-corrected chi connectivity index (χ1v) is 3.56. The number of thioether (sulfide) groups is 1. The monoisotopic (exact) mass is 147 g/mol. The van der Waals surface area contributed by atoms with Crippen molar-refractivity contribution >= 4 is 35.1 Å². The Labute approximate surface area is 57.2 Å². The largest absolute Gasteiger partial charge is 0.286 e. The molecule has 4 heteroatoms. The van der Waals surface area contributed by atoms with Crippen molar-refractivity contribution < 1.29 is 4.79 Å². The normalized spacial score (nSPS) is 26.4. The molecular weight excluding hydrogens is 142 g/mol. The molecule has 0 N–H and O–H groups in total. The Bertz CT molecular complexity index is 126. The Morgan fingerprint density at radius 2 is 2.75 bits per heavy atom. The highest BCUT2D eigenvalue weighted by molar-refractivity contribution is 8.15. The van der Waals surface area contributed by atoms with Crippen LogP contribution in [0.15, 0.2) is 4.99 Å². The molecule has 1 aliphatic heterocycles. The van der Waals surface area contributed by atoms with Crippen LogP contribution in [0, 0.1) is 0 Å². The quantitative estimate of drug-likeness (QED) is 0.550. The molecule has 8 heavy (non-hydrogen) atoms. The summed E-state index contributed by atoms with van der Waals surface area (Å²) in [7, 11) is 0. The van der Waals surface area contributed by atoms with Crippen LogP contribution in [0.2, 0.25) is 0 Å². The summed E-state index contributed by atoms with van der Waals surface area (Å²) in [5, 5.41) is -0.0918. The minimum absolute atomic E-state index is 0.0154. The molecule has 1 unspecified atom stereocenters. The first-order valence-electron chi connectivity index (χ1n) is 2.17. The van der Waals surface area contributed by atoms with Crippen LogP contribution >= 0.6 is 24.4 Å². The lowest BCUT2D eigenvalue weighted by Crippen LogP contribution is -2.10. The van der Waals surface area contributed by atoms with Crippen LogP contribution in [0.5, 0.6) is 0 Å². The molecule has 1 rings (SSSR count). The summed E-state index contributed by atoms with van der Waals surface area (Å²) in [4.78, 5) is 14.3. The van der Waals surface area contributed by atoms with Gasteiger partial charge in [0.1, 0.15) is 0 Å². The van der Waals surface area contributed by atoms with Crippen molar-refractivity contribution in [1.82, 2.24) is 0 Å². The lowest BCUT2D eigenvalue weighted by atomic mass is 10.5. The maximum atomic E-state index is 10.4. The van der Waals surface area contributed by atoms with Crippen molar-refractivity contribution in [1.29, 1.82) is 0 Å². The van der Waals surface area contributed by atoms with Gasteiger partial charge < -0.3 is 0 Å². The van der Waals surface area contributed by atoms with Gasteiger partial charge >= 0.3 is 0 Å².